The summed E-state index contributed by atoms with van der Waals surface area (Å²) in [4.78, 5) is 11.8. The molecule has 1 aliphatic rings. The molecule has 1 amide bonds. The largest absolute Gasteiger partial charge is 0.355 e. The molecule has 0 atom stereocenters. The Balaban J connectivity index is 1.88. The van der Waals surface area contributed by atoms with Gasteiger partial charge in [-0.15, -0.1) is 0 Å². The molecule has 0 heterocycles. The van der Waals surface area contributed by atoms with Gasteiger partial charge in [0.05, 0.1) is 0 Å². The van der Waals surface area contributed by atoms with E-state index in [4.69, 9.17) is 0 Å². The van der Waals surface area contributed by atoms with Gasteiger partial charge in [-0.05, 0) is 31.0 Å². The Bertz CT molecular complexity index is 351. The predicted molar refractivity (Wildman–Crippen MR) is 64.3 cm³/mol. The molecule has 0 radical (unpaired) electrons. The van der Waals surface area contributed by atoms with Crippen molar-refractivity contribution in [1.29, 1.82) is 0 Å². The fourth-order valence-corrected chi connectivity index (χ4v) is 2.20. The fourth-order valence-electron chi connectivity index (χ4n) is 2.20. The zero-order chi connectivity index (χ0) is 11.4. The second-order valence-corrected chi connectivity index (χ2v) is 4.27. The second-order valence-electron chi connectivity index (χ2n) is 4.27. The molecule has 2 N–H and O–H groups in total. The number of carbonyl (C=O) groups excluding carboxylic acids is 1. The van der Waals surface area contributed by atoms with Crippen LogP contribution in [-0.4, -0.2) is 26.0 Å². The minimum atomic E-state index is 0.134. The zero-order valence-electron chi connectivity index (χ0n) is 9.62. The van der Waals surface area contributed by atoms with Gasteiger partial charge in [-0.2, -0.15) is 0 Å². The van der Waals surface area contributed by atoms with Gasteiger partial charge in [0.25, 0.3) is 0 Å². The molecule has 0 aliphatic heterocycles. The van der Waals surface area contributed by atoms with Crippen molar-refractivity contribution in [1.82, 2.24) is 10.6 Å². The lowest BCUT2D eigenvalue weighted by atomic mass is 10.1. The third-order valence-electron chi connectivity index (χ3n) is 3.10. The monoisotopic (exact) mass is 218 g/mol. The highest BCUT2D eigenvalue weighted by Crippen LogP contribution is 2.26. The van der Waals surface area contributed by atoms with Gasteiger partial charge in [0.2, 0.25) is 5.91 Å². The van der Waals surface area contributed by atoms with Gasteiger partial charge in [0.15, 0.2) is 0 Å². The molecule has 0 spiro atoms. The first kappa shape index (κ1) is 11.1. The van der Waals surface area contributed by atoms with E-state index in [-0.39, 0.29) is 11.8 Å². The highest BCUT2D eigenvalue weighted by molar-refractivity contribution is 5.80. The van der Waals surface area contributed by atoms with Crippen LogP contribution >= 0.6 is 0 Å². The number of nitrogens with one attached hydrogen (secondary N) is 2. The van der Waals surface area contributed by atoms with E-state index < -0.39 is 0 Å². The average Bonchev–Trinajstić information content (AvgIpc) is 2.73. The molecule has 0 unspecified atom stereocenters. The third-order valence-corrected chi connectivity index (χ3v) is 3.10. The summed E-state index contributed by atoms with van der Waals surface area (Å²) in [5, 5.41) is 5.97. The van der Waals surface area contributed by atoms with Crippen LogP contribution in [0.5, 0.6) is 0 Å². The highest BCUT2D eigenvalue weighted by Gasteiger charge is 2.26. The van der Waals surface area contributed by atoms with Crippen LogP contribution in [0.25, 0.3) is 0 Å². The molecule has 3 heteroatoms. The maximum atomic E-state index is 11.8. The van der Waals surface area contributed by atoms with E-state index in [1.807, 2.05) is 19.2 Å². The standard InChI is InChI=1S/C13H18N2O/c1-14-6-7-15-13(16)12-8-10-4-2-3-5-11(10)9-12/h2-5,12,14H,6-9H2,1H3,(H,15,16). The summed E-state index contributed by atoms with van der Waals surface area (Å²) < 4.78 is 0. The lowest BCUT2D eigenvalue weighted by molar-refractivity contribution is -0.124. The van der Waals surface area contributed by atoms with Gasteiger partial charge in [-0.3, -0.25) is 4.79 Å². The lowest BCUT2D eigenvalue weighted by Crippen LogP contribution is -2.35. The molecule has 0 saturated heterocycles. The van der Waals surface area contributed by atoms with Gasteiger partial charge in [0, 0.05) is 19.0 Å². The van der Waals surface area contributed by atoms with Crippen LogP contribution < -0.4 is 10.6 Å². The van der Waals surface area contributed by atoms with E-state index in [2.05, 4.69) is 22.8 Å². The summed E-state index contributed by atoms with van der Waals surface area (Å²) in [6.45, 7) is 1.54. The topological polar surface area (TPSA) is 41.1 Å². The Kier molecular flexibility index (Phi) is 3.57. The third kappa shape index (κ3) is 2.42. The Hall–Kier alpha value is -1.35. The van der Waals surface area contributed by atoms with Crippen LogP contribution in [0.4, 0.5) is 0 Å². The number of hydrogen-bond acceptors (Lipinski definition) is 2. The van der Waals surface area contributed by atoms with Gasteiger partial charge < -0.3 is 10.6 Å². The quantitative estimate of drug-likeness (QED) is 0.732. The summed E-state index contributed by atoms with van der Waals surface area (Å²) in [5.41, 5.74) is 2.66. The molecule has 0 bridgehead atoms. The Morgan fingerprint density at radius 1 is 1.25 bits per heavy atom. The van der Waals surface area contributed by atoms with Gasteiger partial charge in [-0.1, -0.05) is 24.3 Å². The van der Waals surface area contributed by atoms with Gasteiger partial charge in [0.1, 0.15) is 0 Å². The summed E-state index contributed by atoms with van der Waals surface area (Å²) in [5.74, 6) is 0.320. The first-order valence-electron chi connectivity index (χ1n) is 5.80. The average molecular weight is 218 g/mol. The van der Waals surface area contributed by atoms with Crippen molar-refractivity contribution in [2.75, 3.05) is 20.1 Å². The molecule has 1 aliphatic carbocycles. The van der Waals surface area contributed by atoms with E-state index >= 15 is 0 Å². The molecule has 1 aromatic carbocycles. The maximum absolute atomic E-state index is 11.8. The summed E-state index contributed by atoms with van der Waals surface area (Å²) in [7, 11) is 1.89. The van der Waals surface area contributed by atoms with E-state index in [9.17, 15) is 4.79 Å². The molecular formula is C13H18N2O. The smallest absolute Gasteiger partial charge is 0.223 e. The number of benzene rings is 1. The zero-order valence-corrected chi connectivity index (χ0v) is 9.62. The van der Waals surface area contributed by atoms with Crippen LogP contribution in [0.15, 0.2) is 24.3 Å². The van der Waals surface area contributed by atoms with Crippen LogP contribution in [0.1, 0.15) is 11.1 Å². The van der Waals surface area contributed by atoms with E-state index in [1.54, 1.807) is 0 Å². The molecule has 3 nitrogen and oxygen atoms in total. The Labute approximate surface area is 96.2 Å². The second kappa shape index (κ2) is 5.12. The van der Waals surface area contributed by atoms with Crippen LogP contribution in [0.3, 0.4) is 0 Å². The maximum Gasteiger partial charge on any atom is 0.223 e. The fraction of sp³-hybridized carbons (Fsp3) is 0.462. The summed E-state index contributed by atoms with van der Waals surface area (Å²) in [6.07, 6.45) is 1.78. The van der Waals surface area contributed by atoms with Crippen molar-refractivity contribution in [2.45, 2.75) is 12.8 Å². The van der Waals surface area contributed by atoms with E-state index in [0.29, 0.717) is 6.54 Å². The van der Waals surface area contributed by atoms with Crippen molar-refractivity contribution in [3.63, 3.8) is 0 Å². The first-order valence-corrected chi connectivity index (χ1v) is 5.80. The normalized spacial score (nSPS) is 14.8. The molecule has 86 valence electrons. The van der Waals surface area contributed by atoms with Crippen molar-refractivity contribution >= 4 is 5.91 Å². The molecule has 0 saturated carbocycles. The SMILES string of the molecule is CNCCNC(=O)C1Cc2ccccc2C1. The minimum absolute atomic E-state index is 0.134. The van der Waals surface area contributed by atoms with Gasteiger partial charge in [-0.25, -0.2) is 0 Å². The van der Waals surface area contributed by atoms with Gasteiger partial charge >= 0.3 is 0 Å². The lowest BCUT2D eigenvalue weighted by Gasteiger charge is -2.09. The van der Waals surface area contributed by atoms with E-state index in [0.717, 1.165) is 19.4 Å². The van der Waals surface area contributed by atoms with Crippen LogP contribution in [0, 0.1) is 5.92 Å². The predicted octanol–water partition coefficient (Wildman–Crippen LogP) is 0.737. The summed E-state index contributed by atoms with van der Waals surface area (Å²) in [6, 6.07) is 8.33. The van der Waals surface area contributed by atoms with Crippen molar-refractivity contribution in [3.8, 4) is 0 Å². The number of hydrogen-bond donors (Lipinski definition) is 2. The molecule has 1 aromatic rings. The first-order chi connectivity index (χ1) is 7.81. The summed E-state index contributed by atoms with van der Waals surface area (Å²) >= 11 is 0. The molecule has 2 rings (SSSR count). The highest BCUT2D eigenvalue weighted by atomic mass is 16.1. The van der Waals surface area contributed by atoms with Crippen LogP contribution in [0.2, 0.25) is 0 Å². The number of carbonyl (C=O) groups is 1. The molecule has 0 fully saturated rings. The number of fused-ring (bicyclic) bond motifs is 1. The Morgan fingerprint density at radius 3 is 2.44 bits per heavy atom. The van der Waals surface area contributed by atoms with Crippen molar-refractivity contribution in [2.24, 2.45) is 5.92 Å². The number of likely N-dealkylation sites (N-methyl/N-ethyl adjacent to an activating group) is 1. The van der Waals surface area contributed by atoms with Crippen molar-refractivity contribution in [3.05, 3.63) is 35.4 Å². The van der Waals surface area contributed by atoms with Crippen molar-refractivity contribution < 1.29 is 4.79 Å². The minimum Gasteiger partial charge on any atom is -0.355 e. The Morgan fingerprint density at radius 2 is 1.88 bits per heavy atom. The molecule has 16 heavy (non-hydrogen) atoms. The van der Waals surface area contributed by atoms with Crippen LogP contribution in [-0.2, 0) is 17.6 Å². The number of amides is 1. The number of rotatable bonds is 4. The molecular weight excluding hydrogens is 200 g/mol. The van der Waals surface area contributed by atoms with E-state index in [1.165, 1.54) is 11.1 Å². The molecule has 0 aromatic heterocycles.